The molecule has 0 aliphatic carbocycles. The lowest BCUT2D eigenvalue weighted by atomic mass is 10.8. The number of rotatable bonds is 1. The molecule has 3 heteroatoms. The molecule has 0 bridgehead atoms. The van der Waals surface area contributed by atoms with Gasteiger partial charge in [0, 0.05) is 3.58 Å². The molecule has 0 amide bonds. The Bertz CT molecular complexity index is 59.8. The molecule has 0 saturated heterocycles. The van der Waals surface area contributed by atoms with E-state index in [4.69, 9.17) is 0 Å². The van der Waals surface area contributed by atoms with Crippen LogP contribution in [0.1, 0.15) is 0 Å². The summed E-state index contributed by atoms with van der Waals surface area (Å²) in [4.78, 5) is 0. The van der Waals surface area contributed by atoms with E-state index in [2.05, 4.69) is 67.7 Å². The molecular weight excluding hydrogens is 370 g/mol. The molecule has 0 spiro atoms. The summed E-state index contributed by atoms with van der Waals surface area (Å²) in [6.07, 6.45) is 0. The first-order chi connectivity index (χ1) is 2.64. The molecular formula is C3H3BrI2. The van der Waals surface area contributed by atoms with Crippen molar-refractivity contribution in [3.63, 3.8) is 0 Å². The Morgan fingerprint density at radius 2 is 2.00 bits per heavy atom. The lowest BCUT2D eigenvalue weighted by molar-refractivity contribution is 1.78. The molecule has 0 fully saturated rings. The maximum Gasteiger partial charge on any atom is 0.0961 e. The lowest BCUT2D eigenvalue weighted by Crippen LogP contribution is -1.75. The van der Waals surface area contributed by atoms with Gasteiger partial charge in [0.25, 0.3) is 0 Å². The van der Waals surface area contributed by atoms with E-state index in [1.165, 1.54) is 0 Å². The predicted octanol–water partition coefficient (Wildman–Crippen LogP) is 3.09. The highest BCUT2D eigenvalue weighted by atomic mass is 127. The van der Waals surface area contributed by atoms with E-state index in [0.29, 0.717) is 2.83 Å². The largest absolute Gasteiger partial charge is 0.0961 e. The lowest BCUT2D eigenvalue weighted by Gasteiger charge is -1.90. The molecule has 0 nitrogen and oxygen atoms in total. The van der Waals surface area contributed by atoms with Crippen molar-refractivity contribution in [2.75, 3.05) is 0 Å². The highest BCUT2D eigenvalue weighted by Crippen LogP contribution is 2.22. The van der Waals surface area contributed by atoms with Crippen LogP contribution < -0.4 is 0 Å². The average molecular weight is 373 g/mol. The van der Waals surface area contributed by atoms with Crippen LogP contribution in [0.4, 0.5) is 0 Å². The van der Waals surface area contributed by atoms with Gasteiger partial charge in [-0.05, 0) is 22.6 Å². The number of hydrogen-bond acceptors (Lipinski definition) is 0. The van der Waals surface area contributed by atoms with Crippen LogP contribution in [0.25, 0.3) is 0 Å². The van der Waals surface area contributed by atoms with Gasteiger partial charge >= 0.3 is 0 Å². The monoisotopic (exact) mass is 372 g/mol. The second-order valence-corrected chi connectivity index (χ2v) is 6.01. The van der Waals surface area contributed by atoms with Crippen LogP contribution in [-0.2, 0) is 0 Å². The van der Waals surface area contributed by atoms with Crippen molar-refractivity contribution in [2.45, 2.75) is 2.83 Å². The van der Waals surface area contributed by atoms with Crippen LogP contribution in [0.5, 0.6) is 0 Å². The van der Waals surface area contributed by atoms with E-state index in [-0.39, 0.29) is 0 Å². The Morgan fingerprint density at radius 3 is 2.00 bits per heavy atom. The molecule has 0 aliphatic heterocycles. The SMILES string of the molecule is C=C(I)C(Br)I. The minimum atomic E-state index is 0.427. The highest BCUT2D eigenvalue weighted by Gasteiger charge is 1.94. The summed E-state index contributed by atoms with van der Waals surface area (Å²) < 4.78 is 1.56. The first kappa shape index (κ1) is 7.68. The summed E-state index contributed by atoms with van der Waals surface area (Å²) in [6.45, 7) is 3.69. The van der Waals surface area contributed by atoms with Crippen molar-refractivity contribution in [1.29, 1.82) is 0 Å². The van der Waals surface area contributed by atoms with E-state index in [0.717, 1.165) is 3.58 Å². The van der Waals surface area contributed by atoms with Crippen LogP contribution in [0.15, 0.2) is 10.2 Å². The van der Waals surface area contributed by atoms with Gasteiger partial charge in [0.1, 0.15) is 0 Å². The minimum Gasteiger partial charge on any atom is -0.0878 e. The van der Waals surface area contributed by atoms with Crippen LogP contribution >= 0.6 is 61.1 Å². The highest BCUT2D eigenvalue weighted by molar-refractivity contribution is 14.1. The van der Waals surface area contributed by atoms with Crippen molar-refractivity contribution in [2.24, 2.45) is 0 Å². The molecule has 6 heavy (non-hydrogen) atoms. The van der Waals surface area contributed by atoms with Crippen molar-refractivity contribution in [3.8, 4) is 0 Å². The third-order valence-corrected chi connectivity index (χ3v) is 4.21. The first-order valence-corrected chi connectivity index (χ1v) is 4.51. The summed E-state index contributed by atoms with van der Waals surface area (Å²) in [5, 5.41) is 0. The zero-order valence-corrected chi connectivity index (χ0v) is 8.82. The van der Waals surface area contributed by atoms with Crippen molar-refractivity contribution >= 4 is 61.1 Å². The zero-order valence-electron chi connectivity index (χ0n) is 2.92. The summed E-state index contributed by atoms with van der Waals surface area (Å²) in [6, 6.07) is 0. The summed E-state index contributed by atoms with van der Waals surface area (Å²) in [5.74, 6) is 0. The molecule has 0 aromatic heterocycles. The quantitative estimate of drug-likeness (QED) is 0.490. The van der Waals surface area contributed by atoms with Gasteiger partial charge in [-0.3, -0.25) is 0 Å². The minimum absolute atomic E-state index is 0.427. The Balaban J connectivity index is 3.26. The number of hydrogen-bond donors (Lipinski definition) is 0. The Morgan fingerprint density at radius 1 is 1.83 bits per heavy atom. The second-order valence-electron chi connectivity index (χ2n) is 0.748. The molecule has 36 valence electrons. The molecule has 0 N–H and O–H groups in total. The molecule has 1 unspecified atom stereocenters. The number of alkyl halides is 2. The fourth-order valence-corrected chi connectivity index (χ4v) is 0. The van der Waals surface area contributed by atoms with Crippen molar-refractivity contribution in [1.82, 2.24) is 0 Å². The normalized spacial score (nSPS) is 13.8. The summed E-state index contributed by atoms with van der Waals surface area (Å²) in [5.41, 5.74) is 0. The van der Waals surface area contributed by atoms with Crippen molar-refractivity contribution < 1.29 is 0 Å². The smallest absolute Gasteiger partial charge is 0.0878 e. The van der Waals surface area contributed by atoms with E-state index in [1.54, 1.807) is 0 Å². The average Bonchev–Trinajstić information content (AvgIpc) is 1.36. The molecule has 1 atom stereocenters. The molecule has 0 aliphatic rings. The van der Waals surface area contributed by atoms with Gasteiger partial charge in [-0.2, -0.15) is 0 Å². The van der Waals surface area contributed by atoms with E-state index < -0.39 is 0 Å². The van der Waals surface area contributed by atoms with Crippen LogP contribution in [0.2, 0.25) is 0 Å². The number of allylic oxidation sites excluding steroid dienone is 1. The third-order valence-electron chi connectivity index (χ3n) is 0.237. The molecule has 0 aromatic carbocycles. The fourth-order valence-electron chi connectivity index (χ4n) is 0. The predicted molar refractivity (Wildman–Crippen MR) is 49.9 cm³/mol. The summed E-state index contributed by atoms with van der Waals surface area (Å²) in [7, 11) is 0. The van der Waals surface area contributed by atoms with E-state index >= 15 is 0 Å². The topological polar surface area (TPSA) is 0 Å². The van der Waals surface area contributed by atoms with Gasteiger partial charge in [0.05, 0.1) is 2.83 Å². The number of halogens is 3. The maximum atomic E-state index is 3.69. The molecule has 0 rings (SSSR count). The van der Waals surface area contributed by atoms with E-state index in [1.807, 2.05) is 0 Å². The first-order valence-electron chi connectivity index (χ1n) is 1.27. The van der Waals surface area contributed by atoms with Gasteiger partial charge in [0.2, 0.25) is 0 Å². The van der Waals surface area contributed by atoms with Crippen LogP contribution in [-0.4, -0.2) is 2.83 Å². The van der Waals surface area contributed by atoms with Gasteiger partial charge in [0.15, 0.2) is 0 Å². The Labute approximate surface area is 73.2 Å². The van der Waals surface area contributed by atoms with Gasteiger partial charge < -0.3 is 0 Å². The summed E-state index contributed by atoms with van der Waals surface area (Å²) >= 11 is 7.74. The molecule has 0 saturated carbocycles. The van der Waals surface area contributed by atoms with Crippen molar-refractivity contribution in [3.05, 3.63) is 10.2 Å². The molecule has 0 heterocycles. The van der Waals surface area contributed by atoms with Gasteiger partial charge in [-0.15, -0.1) is 0 Å². The third kappa shape index (κ3) is 3.86. The zero-order chi connectivity index (χ0) is 5.15. The van der Waals surface area contributed by atoms with Gasteiger partial charge in [-0.1, -0.05) is 45.1 Å². The second kappa shape index (κ2) is 3.65. The van der Waals surface area contributed by atoms with Crippen LogP contribution in [0.3, 0.4) is 0 Å². The van der Waals surface area contributed by atoms with Gasteiger partial charge in [-0.25, -0.2) is 0 Å². The maximum absolute atomic E-state index is 3.69. The molecule has 0 aromatic rings. The standard InChI is InChI=1S/C3H3BrI2/c1-2(5)3(4)6/h3H,1H2. The Hall–Kier alpha value is 1.68. The molecule has 0 radical (unpaired) electrons. The van der Waals surface area contributed by atoms with E-state index in [9.17, 15) is 0 Å². The fraction of sp³-hybridized carbons (Fsp3) is 0.333. The Kier molecular flexibility index (Phi) is 4.68. The van der Waals surface area contributed by atoms with Crippen LogP contribution in [0, 0.1) is 0 Å².